The Morgan fingerprint density at radius 1 is 1.09 bits per heavy atom. The molecule has 1 heterocycles. The lowest BCUT2D eigenvalue weighted by atomic mass is 10.2. The summed E-state index contributed by atoms with van der Waals surface area (Å²) in [5, 5.41) is 7.66. The molecular formula is C18H16ClN3O. The van der Waals surface area contributed by atoms with Gasteiger partial charge in [-0.05, 0) is 36.8 Å². The van der Waals surface area contributed by atoms with E-state index in [4.69, 9.17) is 11.6 Å². The number of halogens is 1. The van der Waals surface area contributed by atoms with Crippen LogP contribution in [-0.2, 0) is 4.79 Å². The van der Waals surface area contributed by atoms with E-state index >= 15 is 0 Å². The third kappa shape index (κ3) is 3.43. The van der Waals surface area contributed by atoms with Gasteiger partial charge in [0.2, 0.25) is 5.91 Å². The Hall–Kier alpha value is -2.59. The van der Waals surface area contributed by atoms with Gasteiger partial charge in [-0.2, -0.15) is 0 Å². The van der Waals surface area contributed by atoms with E-state index in [0.717, 1.165) is 22.2 Å². The van der Waals surface area contributed by atoms with E-state index in [1.54, 1.807) is 6.20 Å². The van der Waals surface area contributed by atoms with Gasteiger partial charge >= 0.3 is 0 Å². The second kappa shape index (κ2) is 6.67. The molecule has 3 aromatic rings. The molecule has 0 aliphatic carbocycles. The Labute approximate surface area is 139 Å². The minimum atomic E-state index is -0.137. The van der Waals surface area contributed by atoms with Gasteiger partial charge in [-0.25, -0.2) is 0 Å². The lowest BCUT2D eigenvalue weighted by Gasteiger charge is -2.11. The smallest absolute Gasteiger partial charge is 0.243 e. The zero-order valence-corrected chi connectivity index (χ0v) is 13.4. The molecule has 116 valence electrons. The van der Waals surface area contributed by atoms with Crippen LogP contribution in [0.25, 0.3) is 10.9 Å². The van der Waals surface area contributed by atoms with Gasteiger partial charge in [0.25, 0.3) is 0 Å². The molecule has 0 fully saturated rings. The van der Waals surface area contributed by atoms with Crippen molar-refractivity contribution in [1.82, 2.24) is 4.98 Å². The number of fused-ring (bicyclic) bond motifs is 1. The van der Waals surface area contributed by atoms with Crippen LogP contribution >= 0.6 is 11.6 Å². The average molecular weight is 326 g/mol. The fourth-order valence-corrected chi connectivity index (χ4v) is 2.55. The highest BCUT2D eigenvalue weighted by Crippen LogP contribution is 2.23. The van der Waals surface area contributed by atoms with Crippen molar-refractivity contribution in [3.05, 3.63) is 65.3 Å². The van der Waals surface area contributed by atoms with E-state index in [-0.39, 0.29) is 12.5 Å². The molecule has 0 radical (unpaired) electrons. The Morgan fingerprint density at radius 3 is 2.70 bits per heavy atom. The van der Waals surface area contributed by atoms with Gasteiger partial charge in [-0.15, -0.1) is 0 Å². The number of carbonyl (C=O) groups excluding carboxylic acids is 1. The number of aromatic nitrogens is 1. The van der Waals surface area contributed by atoms with Crippen molar-refractivity contribution in [2.24, 2.45) is 0 Å². The molecule has 0 atom stereocenters. The fraction of sp³-hybridized carbons (Fsp3) is 0.111. The third-order valence-corrected chi connectivity index (χ3v) is 4.02. The lowest BCUT2D eigenvalue weighted by molar-refractivity contribution is -0.114. The molecule has 23 heavy (non-hydrogen) atoms. The SMILES string of the molecule is Cc1c(Cl)cccc1NCC(=O)Nc1cccc2cccnc12. The van der Waals surface area contributed by atoms with Gasteiger partial charge in [-0.3, -0.25) is 9.78 Å². The van der Waals surface area contributed by atoms with E-state index in [1.807, 2.05) is 55.5 Å². The second-order valence-electron chi connectivity index (χ2n) is 5.19. The monoisotopic (exact) mass is 325 g/mol. The number of pyridine rings is 1. The Bertz CT molecular complexity index is 859. The van der Waals surface area contributed by atoms with Crippen molar-refractivity contribution in [1.29, 1.82) is 0 Å². The van der Waals surface area contributed by atoms with Crippen LogP contribution in [0.15, 0.2) is 54.7 Å². The van der Waals surface area contributed by atoms with Crippen molar-refractivity contribution in [2.45, 2.75) is 6.92 Å². The topological polar surface area (TPSA) is 54.0 Å². The summed E-state index contributed by atoms with van der Waals surface area (Å²) in [7, 11) is 0. The zero-order chi connectivity index (χ0) is 16.2. The number of hydrogen-bond acceptors (Lipinski definition) is 3. The predicted octanol–water partition coefficient (Wildman–Crippen LogP) is 4.25. The summed E-state index contributed by atoms with van der Waals surface area (Å²) >= 11 is 6.08. The number of para-hydroxylation sites is 1. The minimum absolute atomic E-state index is 0.137. The molecule has 0 aliphatic rings. The molecule has 0 saturated carbocycles. The van der Waals surface area contributed by atoms with Crippen molar-refractivity contribution >= 4 is 39.8 Å². The van der Waals surface area contributed by atoms with Crippen LogP contribution in [-0.4, -0.2) is 17.4 Å². The van der Waals surface area contributed by atoms with Crippen LogP contribution in [0.5, 0.6) is 0 Å². The molecule has 0 aliphatic heterocycles. The Balaban J connectivity index is 1.71. The maximum Gasteiger partial charge on any atom is 0.243 e. The number of rotatable bonds is 4. The molecule has 1 aromatic heterocycles. The fourth-order valence-electron chi connectivity index (χ4n) is 2.37. The van der Waals surface area contributed by atoms with Gasteiger partial charge in [0.15, 0.2) is 0 Å². The van der Waals surface area contributed by atoms with Gasteiger partial charge < -0.3 is 10.6 Å². The Morgan fingerprint density at radius 2 is 1.83 bits per heavy atom. The summed E-state index contributed by atoms with van der Waals surface area (Å²) in [4.78, 5) is 16.5. The maximum absolute atomic E-state index is 12.2. The molecule has 2 N–H and O–H groups in total. The summed E-state index contributed by atoms with van der Waals surface area (Å²) in [5.74, 6) is -0.137. The van der Waals surface area contributed by atoms with E-state index in [9.17, 15) is 4.79 Å². The first-order valence-corrected chi connectivity index (χ1v) is 7.65. The highest BCUT2D eigenvalue weighted by atomic mass is 35.5. The van der Waals surface area contributed by atoms with Gasteiger partial charge in [-0.1, -0.05) is 35.9 Å². The number of amides is 1. The first kappa shape index (κ1) is 15.3. The summed E-state index contributed by atoms with van der Waals surface area (Å²) in [5.41, 5.74) is 3.26. The highest BCUT2D eigenvalue weighted by Gasteiger charge is 2.08. The lowest BCUT2D eigenvalue weighted by Crippen LogP contribution is -2.22. The van der Waals surface area contributed by atoms with Crippen molar-refractivity contribution in [3.63, 3.8) is 0 Å². The van der Waals surface area contributed by atoms with Crippen LogP contribution < -0.4 is 10.6 Å². The average Bonchev–Trinajstić information content (AvgIpc) is 2.56. The summed E-state index contributed by atoms with van der Waals surface area (Å²) in [6, 6.07) is 15.1. The largest absolute Gasteiger partial charge is 0.376 e. The number of carbonyl (C=O) groups is 1. The summed E-state index contributed by atoms with van der Waals surface area (Å²) in [6.07, 6.45) is 1.71. The van der Waals surface area contributed by atoms with Crippen LogP contribution in [0, 0.1) is 6.92 Å². The van der Waals surface area contributed by atoms with Gasteiger partial charge in [0.1, 0.15) is 0 Å². The number of anilines is 2. The number of nitrogens with one attached hydrogen (secondary N) is 2. The van der Waals surface area contributed by atoms with Crippen molar-refractivity contribution in [2.75, 3.05) is 17.2 Å². The highest BCUT2D eigenvalue weighted by molar-refractivity contribution is 6.31. The van der Waals surface area contributed by atoms with Gasteiger partial charge in [0.05, 0.1) is 17.7 Å². The molecule has 0 unspecified atom stereocenters. The van der Waals surface area contributed by atoms with Gasteiger partial charge in [0, 0.05) is 22.3 Å². The maximum atomic E-state index is 12.2. The first-order valence-electron chi connectivity index (χ1n) is 7.28. The molecule has 4 nitrogen and oxygen atoms in total. The van der Waals surface area contributed by atoms with Crippen LogP contribution in [0.4, 0.5) is 11.4 Å². The molecule has 0 saturated heterocycles. The molecular weight excluding hydrogens is 310 g/mol. The number of nitrogens with zero attached hydrogens (tertiary/aromatic N) is 1. The quantitative estimate of drug-likeness (QED) is 0.754. The Kier molecular flexibility index (Phi) is 4.44. The first-order chi connectivity index (χ1) is 11.1. The van der Waals surface area contributed by atoms with E-state index < -0.39 is 0 Å². The van der Waals surface area contributed by atoms with E-state index in [0.29, 0.717) is 10.7 Å². The summed E-state index contributed by atoms with van der Waals surface area (Å²) < 4.78 is 0. The van der Waals surface area contributed by atoms with E-state index in [2.05, 4.69) is 15.6 Å². The molecule has 0 bridgehead atoms. The number of hydrogen-bond donors (Lipinski definition) is 2. The molecule has 1 amide bonds. The van der Waals surface area contributed by atoms with Crippen molar-refractivity contribution < 1.29 is 4.79 Å². The third-order valence-electron chi connectivity index (χ3n) is 3.61. The summed E-state index contributed by atoms with van der Waals surface area (Å²) in [6.45, 7) is 2.07. The van der Waals surface area contributed by atoms with Crippen LogP contribution in [0.2, 0.25) is 5.02 Å². The second-order valence-corrected chi connectivity index (χ2v) is 5.60. The predicted molar refractivity (Wildman–Crippen MR) is 95.1 cm³/mol. The normalized spacial score (nSPS) is 10.5. The van der Waals surface area contributed by atoms with Crippen LogP contribution in [0.1, 0.15) is 5.56 Å². The van der Waals surface area contributed by atoms with E-state index in [1.165, 1.54) is 0 Å². The minimum Gasteiger partial charge on any atom is -0.376 e. The van der Waals surface area contributed by atoms with Crippen molar-refractivity contribution in [3.8, 4) is 0 Å². The molecule has 2 aromatic carbocycles. The standard InChI is InChI=1S/C18H16ClN3O/c1-12-14(19)7-3-8-15(12)21-11-17(23)22-16-9-2-5-13-6-4-10-20-18(13)16/h2-10,21H,11H2,1H3,(H,22,23). The zero-order valence-electron chi connectivity index (χ0n) is 12.6. The molecule has 3 rings (SSSR count). The number of benzene rings is 2. The molecule has 5 heteroatoms. The van der Waals surface area contributed by atoms with Crippen LogP contribution in [0.3, 0.4) is 0 Å². The molecule has 0 spiro atoms.